The van der Waals surface area contributed by atoms with Crippen LogP contribution in [-0.4, -0.2) is 24.1 Å². The maximum atomic E-state index is 11.1. The van der Waals surface area contributed by atoms with Gasteiger partial charge >= 0.3 is 0 Å². The molecule has 1 heterocycles. The Morgan fingerprint density at radius 1 is 1.64 bits per heavy atom. The highest BCUT2D eigenvalue weighted by molar-refractivity contribution is 5.77. The number of hydroxylamine groups is 2. The van der Waals surface area contributed by atoms with Crippen LogP contribution in [0.25, 0.3) is 0 Å². The maximum Gasteiger partial charge on any atom is 0.258 e. The summed E-state index contributed by atoms with van der Waals surface area (Å²) in [5, 5.41) is 1.36. The van der Waals surface area contributed by atoms with E-state index in [0.29, 0.717) is 13.2 Å². The van der Waals surface area contributed by atoms with E-state index >= 15 is 0 Å². The fourth-order valence-electron chi connectivity index (χ4n) is 0.969. The molecule has 0 radical (unpaired) electrons. The highest BCUT2D eigenvalue weighted by atomic mass is 16.7. The topological polar surface area (TPSA) is 29.5 Å². The lowest BCUT2D eigenvalue weighted by Gasteiger charge is -2.24. The first-order chi connectivity index (χ1) is 5.34. The van der Waals surface area contributed by atoms with Crippen LogP contribution in [0, 0.1) is 12.3 Å². The zero-order valence-corrected chi connectivity index (χ0v) is 6.38. The number of hydrogen-bond acceptors (Lipinski definition) is 2. The largest absolute Gasteiger partial charge is 0.271 e. The maximum absolute atomic E-state index is 11.1. The van der Waals surface area contributed by atoms with E-state index in [0.717, 1.165) is 12.8 Å². The van der Waals surface area contributed by atoms with E-state index in [-0.39, 0.29) is 12.3 Å². The molecular weight excluding hydrogens is 142 g/mol. The molecule has 0 unspecified atom stereocenters. The number of hydrogen-bond donors (Lipinski definition) is 0. The summed E-state index contributed by atoms with van der Waals surface area (Å²) >= 11 is 0. The predicted octanol–water partition coefficient (Wildman–Crippen LogP) is 0.564. The van der Waals surface area contributed by atoms with Crippen molar-refractivity contribution in [2.45, 2.75) is 19.3 Å². The second kappa shape index (κ2) is 3.99. The van der Waals surface area contributed by atoms with E-state index in [1.54, 1.807) is 0 Å². The quantitative estimate of drug-likeness (QED) is 0.515. The Bertz CT molecular complexity index is 177. The Labute approximate surface area is 66.3 Å². The molecule has 0 aromatic rings. The van der Waals surface area contributed by atoms with Crippen LogP contribution >= 0.6 is 0 Å². The van der Waals surface area contributed by atoms with Gasteiger partial charge in [0.2, 0.25) is 0 Å². The van der Waals surface area contributed by atoms with E-state index in [1.165, 1.54) is 5.06 Å². The van der Waals surface area contributed by atoms with E-state index in [2.05, 4.69) is 5.92 Å². The molecule has 0 aromatic carbocycles. The van der Waals surface area contributed by atoms with E-state index < -0.39 is 0 Å². The average molecular weight is 153 g/mol. The molecule has 3 heteroatoms. The summed E-state index contributed by atoms with van der Waals surface area (Å²) in [7, 11) is 0. The lowest BCUT2D eigenvalue weighted by atomic mass is 10.3. The molecule has 1 amide bonds. The van der Waals surface area contributed by atoms with Crippen LogP contribution in [0.5, 0.6) is 0 Å². The summed E-state index contributed by atoms with van der Waals surface area (Å²) in [6.07, 6.45) is 7.16. The number of terminal acetylenes is 1. The van der Waals surface area contributed by atoms with Crippen LogP contribution < -0.4 is 0 Å². The Balaban J connectivity index is 2.34. The van der Waals surface area contributed by atoms with Crippen LogP contribution in [0.1, 0.15) is 19.3 Å². The van der Waals surface area contributed by atoms with Gasteiger partial charge in [-0.15, -0.1) is 6.42 Å². The van der Waals surface area contributed by atoms with Crippen LogP contribution in [0.4, 0.5) is 0 Å². The van der Waals surface area contributed by atoms with Crippen molar-refractivity contribution in [2.75, 3.05) is 13.2 Å². The summed E-state index contributed by atoms with van der Waals surface area (Å²) < 4.78 is 0. The van der Waals surface area contributed by atoms with Gasteiger partial charge in [0.1, 0.15) is 0 Å². The molecule has 60 valence electrons. The third kappa shape index (κ3) is 2.24. The zero-order chi connectivity index (χ0) is 8.10. The second-order valence-corrected chi connectivity index (χ2v) is 2.42. The molecule has 0 aliphatic carbocycles. The number of carbonyl (C=O) groups excluding carboxylic acids is 1. The molecule has 1 fully saturated rings. The smallest absolute Gasteiger partial charge is 0.258 e. The van der Waals surface area contributed by atoms with Gasteiger partial charge < -0.3 is 0 Å². The van der Waals surface area contributed by atoms with Gasteiger partial charge in [-0.2, -0.15) is 0 Å². The van der Waals surface area contributed by atoms with Crippen LogP contribution in [0.3, 0.4) is 0 Å². The molecule has 1 saturated heterocycles. The summed E-state index contributed by atoms with van der Waals surface area (Å²) in [5.74, 6) is 2.19. The minimum atomic E-state index is -0.104. The molecule has 11 heavy (non-hydrogen) atoms. The first kappa shape index (κ1) is 8.09. The third-order valence-corrected chi connectivity index (χ3v) is 1.53. The molecule has 3 nitrogen and oxygen atoms in total. The Morgan fingerprint density at radius 3 is 3.00 bits per heavy atom. The van der Waals surface area contributed by atoms with Crippen molar-refractivity contribution in [3.63, 3.8) is 0 Å². The number of rotatable bonds is 1. The minimum absolute atomic E-state index is 0.104. The van der Waals surface area contributed by atoms with Crippen LogP contribution in [0.2, 0.25) is 0 Å². The Hall–Kier alpha value is -1.01. The van der Waals surface area contributed by atoms with Crippen molar-refractivity contribution in [2.24, 2.45) is 0 Å². The fourth-order valence-corrected chi connectivity index (χ4v) is 0.969. The summed E-state index contributed by atoms with van der Waals surface area (Å²) in [6, 6.07) is 0. The second-order valence-electron chi connectivity index (χ2n) is 2.42. The molecular formula is C8H11NO2. The molecule has 1 aliphatic heterocycles. The van der Waals surface area contributed by atoms with E-state index in [4.69, 9.17) is 11.3 Å². The standard InChI is InChI=1S/C8H11NO2/c1-2-5-8(10)9-6-3-4-7-11-9/h1H,3-7H2. The first-order valence-electron chi connectivity index (χ1n) is 3.71. The first-order valence-corrected chi connectivity index (χ1v) is 3.71. The van der Waals surface area contributed by atoms with Crippen molar-refractivity contribution in [1.82, 2.24) is 5.06 Å². The number of carbonyl (C=O) groups is 1. The summed E-state index contributed by atoms with van der Waals surface area (Å²) in [6.45, 7) is 1.32. The van der Waals surface area contributed by atoms with Crippen LogP contribution in [-0.2, 0) is 9.63 Å². The van der Waals surface area contributed by atoms with E-state index in [9.17, 15) is 4.79 Å². The minimum Gasteiger partial charge on any atom is -0.271 e. The normalized spacial score (nSPS) is 17.5. The van der Waals surface area contributed by atoms with Gasteiger partial charge in [-0.05, 0) is 12.8 Å². The number of nitrogens with zero attached hydrogens (tertiary/aromatic N) is 1. The molecule has 0 saturated carbocycles. The molecule has 0 aromatic heterocycles. The van der Waals surface area contributed by atoms with Gasteiger partial charge in [-0.3, -0.25) is 9.63 Å². The highest BCUT2D eigenvalue weighted by Crippen LogP contribution is 2.06. The van der Waals surface area contributed by atoms with Crippen LogP contribution in [0.15, 0.2) is 0 Å². The monoisotopic (exact) mass is 153 g/mol. The van der Waals surface area contributed by atoms with Crippen molar-refractivity contribution < 1.29 is 9.63 Å². The van der Waals surface area contributed by atoms with Gasteiger partial charge in [0.15, 0.2) is 0 Å². The SMILES string of the molecule is C#CCC(=O)N1CCCCO1. The van der Waals surface area contributed by atoms with E-state index in [1.807, 2.05) is 0 Å². The van der Waals surface area contributed by atoms with Crippen molar-refractivity contribution in [3.8, 4) is 12.3 Å². The lowest BCUT2D eigenvalue weighted by Crippen LogP contribution is -2.35. The molecule has 0 N–H and O–H groups in total. The summed E-state index contributed by atoms with van der Waals surface area (Å²) in [4.78, 5) is 16.1. The van der Waals surface area contributed by atoms with Crippen molar-refractivity contribution in [1.29, 1.82) is 0 Å². The molecule has 1 rings (SSSR count). The van der Waals surface area contributed by atoms with Gasteiger partial charge in [0.25, 0.3) is 5.91 Å². The highest BCUT2D eigenvalue weighted by Gasteiger charge is 2.15. The fraction of sp³-hybridized carbons (Fsp3) is 0.625. The lowest BCUT2D eigenvalue weighted by molar-refractivity contribution is -0.195. The van der Waals surface area contributed by atoms with Crippen molar-refractivity contribution in [3.05, 3.63) is 0 Å². The van der Waals surface area contributed by atoms with Crippen molar-refractivity contribution >= 4 is 5.91 Å². The Kier molecular flexibility index (Phi) is 2.94. The third-order valence-electron chi connectivity index (χ3n) is 1.53. The zero-order valence-electron chi connectivity index (χ0n) is 6.38. The molecule has 0 spiro atoms. The molecule has 1 aliphatic rings. The van der Waals surface area contributed by atoms with Gasteiger partial charge in [0, 0.05) is 6.54 Å². The Morgan fingerprint density at radius 2 is 2.45 bits per heavy atom. The van der Waals surface area contributed by atoms with Gasteiger partial charge in [-0.1, -0.05) is 5.92 Å². The number of amides is 1. The molecule has 0 bridgehead atoms. The summed E-state index contributed by atoms with van der Waals surface area (Å²) in [5.41, 5.74) is 0. The van der Waals surface area contributed by atoms with Gasteiger partial charge in [-0.25, -0.2) is 5.06 Å². The average Bonchev–Trinajstić information content (AvgIpc) is 2.07. The van der Waals surface area contributed by atoms with Gasteiger partial charge in [0.05, 0.1) is 13.0 Å². The molecule has 0 atom stereocenters. The predicted molar refractivity (Wildman–Crippen MR) is 40.3 cm³/mol.